The monoisotopic (exact) mass is 412 g/mol. The smallest absolute Gasteiger partial charge is 0.255 e. The van der Waals surface area contributed by atoms with E-state index < -0.39 is 5.54 Å². The van der Waals surface area contributed by atoms with Gasteiger partial charge >= 0.3 is 0 Å². The molecule has 7 heteroatoms. The second kappa shape index (κ2) is 8.42. The lowest BCUT2D eigenvalue weighted by Crippen LogP contribution is -2.59. The van der Waals surface area contributed by atoms with Crippen LogP contribution in [0.3, 0.4) is 0 Å². The van der Waals surface area contributed by atoms with E-state index in [0.29, 0.717) is 29.2 Å². The van der Waals surface area contributed by atoms with Crippen LogP contribution in [0.15, 0.2) is 41.0 Å². The van der Waals surface area contributed by atoms with E-state index in [1.165, 1.54) is 0 Å². The highest BCUT2D eigenvalue weighted by atomic mass is 16.7. The van der Waals surface area contributed by atoms with E-state index in [9.17, 15) is 9.59 Å². The van der Waals surface area contributed by atoms with Gasteiger partial charge in [-0.1, -0.05) is 19.8 Å². The molecule has 0 unspecified atom stereocenters. The van der Waals surface area contributed by atoms with Crippen molar-refractivity contribution in [3.63, 3.8) is 0 Å². The molecule has 0 spiro atoms. The van der Waals surface area contributed by atoms with E-state index in [2.05, 4.69) is 5.32 Å². The summed E-state index contributed by atoms with van der Waals surface area (Å²) in [6.07, 6.45) is 6.27. The number of nitrogens with zero attached hydrogens (tertiary/aromatic N) is 1. The number of carbonyl (C=O) groups excluding carboxylic acids is 2. The van der Waals surface area contributed by atoms with Crippen LogP contribution in [0.2, 0.25) is 0 Å². The number of hydrogen-bond acceptors (Lipinski definition) is 5. The molecular formula is C23H28N2O5. The Kier molecular flexibility index (Phi) is 5.70. The minimum absolute atomic E-state index is 0.127. The molecule has 1 aliphatic heterocycles. The summed E-state index contributed by atoms with van der Waals surface area (Å²) in [5.41, 5.74) is -0.581. The highest BCUT2D eigenvalue weighted by molar-refractivity contribution is 5.99. The average molecular weight is 412 g/mol. The summed E-state index contributed by atoms with van der Waals surface area (Å²) in [6, 6.07) is 8.86. The van der Waals surface area contributed by atoms with Gasteiger partial charge in [0.1, 0.15) is 11.3 Å². The van der Waals surface area contributed by atoms with E-state index in [0.717, 1.165) is 25.7 Å². The Balaban J connectivity index is 1.65. The van der Waals surface area contributed by atoms with Gasteiger partial charge in [0.05, 0.1) is 12.8 Å². The Labute approximate surface area is 176 Å². The third-order valence-corrected chi connectivity index (χ3v) is 6.22. The number of amides is 2. The van der Waals surface area contributed by atoms with Crippen LogP contribution in [0.4, 0.5) is 0 Å². The molecular weight excluding hydrogens is 384 g/mol. The molecule has 160 valence electrons. The Bertz CT molecular complexity index is 904. The summed E-state index contributed by atoms with van der Waals surface area (Å²) in [7, 11) is 0. The lowest BCUT2D eigenvalue weighted by molar-refractivity contribution is -0.132. The van der Waals surface area contributed by atoms with Crippen molar-refractivity contribution in [2.75, 3.05) is 6.79 Å². The number of benzene rings is 1. The Hall–Kier alpha value is -2.96. The number of carbonyl (C=O) groups is 2. The van der Waals surface area contributed by atoms with Crippen LogP contribution >= 0.6 is 0 Å². The zero-order valence-corrected chi connectivity index (χ0v) is 17.5. The summed E-state index contributed by atoms with van der Waals surface area (Å²) < 4.78 is 16.3. The molecule has 2 heterocycles. The van der Waals surface area contributed by atoms with E-state index in [-0.39, 0.29) is 31.2 Å². The van der Waals surface area contributed by atoms with E-state index in [1.807, 2.05) is 19.9 Å². The topological polar surface area (TPSA) is 81.0 Å². The van der Waals surface area contributed by atoms with E-state index in [4.69, 9.17) is 13.9 Å². The number of ether oxygens (including phenoxy) is 2. The third kappa shape index (κ3) is 3.88. The van der Waals surface area contributed by atoms with E-state index in [1.54, 1.807) is 35.4 Å². The zero-order chi connectivity index (χ0) is 21.1. The third-order valence-electron chi connectivity index (χ3n) is 6.22. The molecule has 2 aromatic rings. The molecule has 7 nitrogen and oxygen atoms in total. The SMILES string of the molecule is CC[C@](C)(C(=O)NC1CCCC1)N(Cc1ccco1)C(=O)c1ccc2c(c1)OCO2. The van der Waals surface area contributed by atoms with Gasteiger partial charge in [0.15, 0.2) is 11.5 Å². The molecule has 0 bridgehead atoms. The highest BCUT2D eigenvalue weighted by Crippen LogP contribution is 2.34. The average Bonchev–Trinajstić information content (AvgIpc) is 3.53. The number of rotatable bonds is 7. The first kappa shape index (κ1) is 20.3. The molecule has 30 heavy (non-hydrogen) atoms. The van der Waals surface area contributed by atoms with Crippen molar-refractivity contribution in [1.29, 1.82) is 0 Å². The molecule has 1 atom stereocenters. The fourth-order valence-corrected chi connectivity index (χ4v) is 4.10. The second-order valence-electron chi connectivity index (χ2n) is 8.12. The zero-order valence-electron chi connectivity index (χ0n) is 17.5. The summed E-state index contributed by atoms with van der Waals surface area (Å²) >= 11 is 0. The molecule has 1 aromatic carbocycles. The largest absolute Gasteiger partial charge is 0.467 e. The lowest BCUT2D eigenvalue weighted by Gasteiger charge is -2.40. The summed E-state index contributed by atoms with van der Waals surface area (Å²) in [5.74, 6) is 1.39. The van der Waals surface area contributed by atoms with Crippen molar-refractivity contribution in [2.45, 2.75) is 64.1 Å². The minimum atomic E-state index is -1.02. The molecule has 2 amide bonds. The maximum absolute atomic E-state index is 13.6. The van der Waals surface area contributed by atoms with Gasteiger partial charge in [0.25, 0.3) is 5.91 Å². The van der Waals surface area contributed by atoms with Gasteiger partial charge in [-0.15, -0.1) is 0 Å². The van der Waals surface area contributed by atoms with Crippen molar-refractivity contribution < 1.29 is 23.5 Å². The van der Waals surface area contributed by atoms with Crippen molar-refractivity contribution in [1.82, 2.24) is 10.2 Å². The van der Waals surface area contributed by atoms with Crippen molar-refractivity contribution in [3.8, 4) is 11.5 Å². The maximum atomic E-state index is 13.6. The predicted molar refractivity (Wildman–Crippen MR) is 110 cm³/mol. The normalized spacial score (nSPS) is 17.5. The fraction of sp³-hybridized carbons (Fsp3) is 0.478. The first-order chi connectivity index (χ1) is 14.5. The van der Waals surface area contributed by atoms with Crippen molar-refractivity contribution in [3.05, 3.63) is 47.9 Å². The first-order valence-corrected chi connectivity index (χ1v) is 10.6. The molecule has 0 saturated heterocycles. The second-order valence-corrected chi connectivity index (χ2v) is 8.12. The van der Waals surface area contributed by atoms with Gasteiger partial charge in [0.2, 0.25) is 12.7 Å². The van der Waals surface area contributed by atoms with Gasteiger partial charge in [0, 0.05) is 11.6 Å². The minimum Gasteiger partial charge on any atom is -0.467 e. The number of fused-ring (bicyclic) bond motifs is 1. The highest BCUT2D eigenvalue weighted by Gasteiger charge is 2.42. The molecule has 2 aliphatic rings. The molecule has 4 rings (SSSR count). The number of hydrogen-bond donors (Lipinski definition) is 1. The fourth-order valence-electron chi connectivity index (χ4n) is 4.10. The Morgan fingerprint density at radius 3 is 2.63 bits per heavy atom. The van der Waals surface area contributed by atoms with Gasteiger partial charge in [-0.2, -0.15) is 0 Å². The van der Waals surface area contributed by atoms with Gasteiger partial charge in [-0.25, -0.2) is 0 Å². The summed E-state index contributed by atoms with van der Waals surface area (Å²) in [5, 5.41) is 3.17. The molecule has 0 radical (unpaired) electrons. The Morgan fingerprint density at radius 2 is 1.93 bits per heavy atom. The predicted octanol–water partition coefficient (Wildman–Crippen LogP) is 3.88. The van der Waals surface area contributed by atoms with Crippen molar-refractivity contribution >= 4 is 11.8 Å². The van der Waals surface area contributed by atoms with Crippen LogP contribution < -0.4 is 14.8 Å². The van der Waals surface area contributed by atoms with Crippen LogP contribution in [0.5, 0.6) is 11.5 Å². The van der Waals surface area contributed by atoms with Crippen LogP contribution in [-0.2, 0) is 11.3 Å². The van der Waals surface area contributed by atoms with Gasteiger partial charge in [-0.3, -0.25) is 9.59 Å². The Morgan fingerprint density at radius 1 is 1.17 bits per heavy atom. The van der Waals surface area contributed by atoms with Crippen LogP contribution in [0.25, 0.3) is 0 Å². The molecule has 1 aliphatic carbocycles. The maximum Gasteiger partial charge on any atom is 0.255 e. The lowest BCUT2D eigenvalue weighted by atomic mass is 9.92. The molecule has 1 saturated carbocycles. The summed E-state index contributed by atoms with van der Waals surface area (Å²) in [6.45, 7) is 4.09. The summed E-state index contributed by atoms with van der Waals surface area (Å²) in [4.78, 5) is 28.6. The molecule has 1 aromatic heterocycles. The van der Waals surface area contributed by atoms with Crippen molar-refractivity contribution in [2.24, 2.45) is 0 Å². The number of furan rings is 1. The first-order valence-electron chi connectivity index (χ1n) is 10.6. The van der Waals surface area contributed by atoms with Crippen LogP contribution in [0, 0.1) is 0 Å². The van der Waals surface area contributed by atoms with Gasteiger partial charge in [-0.05, 0) is 56.5 Å². The number of nitrogens with one attached hydrogen (secondary N) is 1. The standard InChI is InChI=1S/C23H28N2O5/c1-3-23(2,22(27)24-17-7-4-5-8-17)25(14-18-9-6-12-28-18)21(26)16-10-11-19-20(13-16)30-15-29-19/h6,9-13,17H,3-5,7-8,14-15H2,1-2H3,(H,24,27)/t23-/m1/s1. The van der Waals surface area contributed by atoms with Crippen LogP contribution in [-0.4, -0.2) is 35.1 Å². The molecule has 1 fully saturated rings. The van der Waals surface area contributed by atoms with Crippen LogP contribution in [0.1, 0.15) is 62.1 Å². The van der Waals surface area contributed by atoms with E-state index >= 15 is 0 Å². The molecule has 1 N–H and O–H groups in total. The van der Waals surface area contributed by atoms with Gasteiger partial charge < -0.3 is 24.1 Å². The quantitative estimate of drug-likeness (QED) is 0.746.